The molecule has 0 radical (unpaired) electrons. The van der Waals surface area contributed by atoms with E-state index >= 15 is 0 Å². The zero-order valence-corrected chi connectivity index (χ0v) is 9.63. The Bertz CT molecular complexity index is 433. The first kappa shape index (κ1) is 11.2. The van der Waals surface area contributed by atoms with Crippen molar-refractivity contribution in [3.8, 4) is 0 Å². The minimum Gasteiger partial charge on any atom is -0.370 e. The molecule has 1 saturated carbocycles. The molecule has 0 bridgehead atoms. The first-order valence-corrected chi connectivity index (χ1v) is 5.43. The summed E-state index contributed by atoms with van der Waals surface area (Å²) in [6, 6.07) is 5.16. The van der Waals surface area contributed by atoms with Gasteiger partial charge in [0.1, 0.15) is 5.82 Å². The van der Waals surface area contributed by atoms with Crippen molar-refractivity contribution in [1.82, 2.24) is 5.32 Å². The number of nitrogens with one attached hydrogen (secondary N) is 1. The highest BCUT2D eigenvalue weighted by Crippen LogP contribution is 2.41. The zero-order valence-electron chi connectivity index (χ0n) is 8.87. The van der Waals surface area contributed by atoms with Crippen LogP contribution in [0.3, 0.4) is 0 Å². The molecular weight excluding hydrogens is 229 g/mol. The lowest BCUT2D eigenvalue weighted by atomic mass is 10.1. The van der Waals surface area contributed by atoms with Crippen molar-refractivity contribution in [3.05, 3.63) is 34.6 Å². The Morgan fingerprint density at radius 3 is 3.00 bits per heavy atom. The van der Waals surface area contributed by atoms with Crippen molar-refractivity contribution in [2.75, 3.05) is 7.05 Å². The third-order valence-electron chi connectivity index (χ3n) is 2.74. The molecule has 0 aliphatic heterocycles. The number of aliphatic imine (C=N–C) groups is 1. The number of guanidine groups is 1. The van der Waals surface area contributed by atoms with Crippen LogP contribution in [0.4, 0.5) is 4.39 Å². The van der Waals surface area contributed by atoms with E-state index < -0.39 is 0 Å². The van der Waals surface area contributed by atoms with Gasteiger partial charge in [-0.1, -0.05) is 17.7 Å². The van der Waals surface area contributed by atoms with Gasteiger partial charge in [-0.3, -0.25) is 4.99 Å². The smallest absolute Gasteiger partial charge is 0.188 e. The van der Waals surface area contributed by atoms with Crippen molar-refractivity contribution in [3.63, 3.8) is 0 Å². The minimum absolute atomic E-state index is 0.156. The predicted octanol–water partition coefficient (Wildman–Crippen LogP) is 1.87. The van der Waals surface area contributed by atoms with Gasteiger partial charge in [0.15, 0.2) is 5.96 Å². The standard InChI is InChI=1S/C11H13ClFN3/c1-15-11(14)16-10-5-7(10)6-2-3-8(12)9(13)4-6/h2-4,7,10H,5H2,1H3,(H3,14,15,16)/t7-,10+/m0/s1. The Morgan fingerprint density at radius 1 is 1.62 bits per heavy atom. The van der Waals surface area contributed by atoms with Crippen LogP contribution in [0.5, 0.6) is 0 Å². The van der Waals surface area contributed by atoms with E-state index in [9.17, 15) is 4.39 Å². The molecule has 0 heterocycles. The molecule has 3 N–H and O–H groups in total. The Kier molecular flexibility index (Phi) is 3.01. The summed E-state index contributed by atoms with van der Waals surface area (Å²) in [7, 11) is 1.63. The SMILES string of the molecule is CN=C(N)N[C@@H]1C[C@H]1c1ccc(Cl)c(F)c1. The number of hydrogen-bond donors (Lipinski definition) is 2. The third kappa shape index (κ3) is 2.27. The zero-order chi connectivity index (χ0) is 11.7. The molecule has 5 heteroatoms. The van der Waals surface area contributed by atoms with Crippen LogP contribution in [0.25, 0.3) is 0 Å². The summed E-state index contributed by atoms with van der Waals surface area (Å²) in [6.45, 7) is 0. The van der Waals surface area contributed by atoms with Crippen molar-refractivity contribution in [2.24, 2.45) is 10.7 Å². The molecule has 2 rings (SSSR count). The fourth-order valence-electron chi connectivity index (χ4n) is 1.72. The van der Waals surface area contributed by atoms with E-state index in [4.69, 9.17) is 17.3 Å². The van der Waals surface area contributed by atoms with E-state index in [1.807, 2.05) is 6.07 Å². The molecule has 0 unspecified atom stereocenters. The fourth-order valence-corrected chi connectivity index (χ4v) is 1.84. The van der Waals surface area contributed by atoms with Gasteiger partial charge < -0.3 is 11.1 Å². The molecule has 1 aliphatic rings. The Morgan fingerprint density at radius 2 is 2.38 bits per heavy atom. The van der Waals surface area contributed by atoms with E-state index in [2.05, 4.69) is 10.3 Å². The molecule has 86 valence electrons. The lowest BCUT2D eigenvalue weighted by molar-refractivity contribution is 0.625. The molecule has 0 spiro atoms. The van der Waals surface area contributed by atoms with Gasteiger partial charge in [0.25, 0.3) is 0 Å². The number of nitrogens with two attached hydrogens (primary N) is 1. The average molecular weight is 242 g/mol. The second-order valence-corrected chi connectivity index (χ2v) is 4.28. The van der Waals surface area contributed by atoms with Gasteiger partial charge in [-0.05, 0) is 24.1 Å². The van der Waals surface area contributed by atoms with Crippen LogP contribution >= 0.6 is 11.6 Å². The maximum Gasteiger partial charge on any atom is 0.188 e. The number of hydrogen-bond acceptors (Lipinski definition) is 1. The summed E-state index contributed by atoms with van der Waals surface area (Å²) in [5, 5.41) is 3.21. The third-order valence-corrected chi connectivity index (χ3v) is 3.04. The summed E-state index contributed by atoms with van der Waals surface area (Å²) in [5.74, 6) is 0.343. The van der Waals surface area contributed by atoms with Crippen LogP contribution in [-0.2, 0) is 0 Å². The van der Waals surface area contributed by atoms with Crippen LogP contribution in [-0.4, -0.2) is 19.0 Å². The summed E-state index contributed by atoms with van der Waals surface area (Å²) in [4.78, 5) is 3.82. The highest BCUT2D eigenvalue weighted by Gasteiger charge is 2.38. The lowest BCUT2D eigenvalue weighted by Gasteiger charge is -2.04. The van der Waals surface area contributed by atoms with Crippen molar-refractivity contribution in [2.45, 2.75) is 18.4 Å². The van der Waals surface area contributed by atoms with E-state index in [-0.39, 0.29) is 16.9 Å². The molecule has 1 aromatic rings. The van der Waals surface area contributed by atoms with Gasteiger partial charge in [-0.15, -0.1) is 0 Å². The Hall–Kier alpha value is -1.29. The summed E-state index contributed by atoms with van der Waals surface area (Å²) >= 11 is 5.62. The van der Waals surface area contributed by atoms with Crippen molar-refractivity contribution >= 4 is 17.6 Å². The Labute approximate surface area is 98.5 Å². The first-order valence-electron chi connectivity index (χ1n) is 5.05. The minimum atomic E-state index is -0.373. The maximum absolute atomic E-state index is 13.2. The molecule has 0 aromatic heterocycles. The van der Waals surface area contributed by atoms with Crippen LogP contribution in [0.15, 0.2) is 23.2 Å². The largest absolute Gasteiger partial charge is 0.370 e. The fraction of sp³-hybridized carbons (Fsp3) is 0.364. The number of benzene rings is 1. The van der Waals surface area contributed by atoms with E-state index in [1.165, 1.54) is 6.07 Å². The molecular formula is C11H13ClFN3. The number of halogens is 2. The monoisotopic (exact) mass is 241 g/mol. The van der Waals surface area contributed by atoms with Gasteiger partial charge in [-0.25, -0.2) is 4.39 Å². The molecule has 16 heavy (non-hydrogen) atoms. The second kappa shape index (κ2) is 4.29. The van der Waals surface area contributed by atoms with Gasteiger partial charge in [0.05, 0.1) is 5.02 Å². The molecule has 1 aliphatic carbocycles. The van der Waals surface area contributed by atoms with Crippen LogP contribution in [0, 0.1) is 5.82 Å². The van der Waals surface area contributed by atoms with Crippen LogP contribution in [0.2, 0.25) is 5.02 Å². The second-order valence-electron chi connectivity index (χ2n) is 3.88. The van der Waals surface area contributed by atoms with Gasteiger partial charge >= 0.3 is 0 Å². The first-order chi connectivity index (χ1) is 7.61. The summed E-state index contributed by atoms with van der Waals surface area (Å²) in [6.07, 6.45) is 0.942. The topological polar surface area (TPSA) is 50.4 Å². The van der Waals surface area contributed by atoms with Crippen molar-refractivity contribution < 1.29 is 4.39 Å². The highest BCUT2D eigenvalue weighted by molar-refractivity contribution is 6.30. The van der Waals surface area contributed by atoms with E-state index in [0.29, 0.717) is 11.9 Å². The van der Waals surface area contributed by atoms with Crippen LogP contribution < -0.4 is 11.1 Å². The van der Waals surface area contributed by atoms with E-state index in [1.54, 1.807) is 13.1 Å². The number of nitrogens with zero attached hydrogens (tertiary/aromatic N) is 1. The highest BCUT2D eigenvalue weighted by atomic mass is 35.5. The summed E-state index contributed by atoms with van der Waals surface area (Å²) in [5.41, 5.74) is 6.50. The molecule has 2 atom stereocenters. The normalized spacial score (nSPS) is 24.3. The molecule has 1 aromatic carbocycles. The van der Waals surface area contributed by atoms with Crippen molar-refractivity contribution in [1.29, 1.82) is 0 Å². The quantitative estimate of drug-likeness (QED) is 0.614. The molecule has 1 fully saturated rings. The lowest BCUT2D eigenvalue weighted by Crippen LogP contribution is -2.33. The molecule has 0 saturated heterocycles. The maximum atomic E-state index is 13.2. The van der Waals surface area contributed by atoms with Crippen LogP contribution in [0.1, 0.15) is 17.9 Å². The molecule has 3 nitrogen and oxygen atoms in total. The average Bonchev–Trinajstić information content (AvgIpc) is 3.01. The summed E-state index contributed by atoms with van der Waals surface area (Å²) < 4.78 is 13.2. The van der Waals surface area contributed by atoms with Gasteiger partial charge in [-0.2, -0.15) is 0 Å². The van der Waals surface area contributed by atoms with E-state index in [0.717, 1.165) is 12.0 Å². The van der Waals surface area contributed by atoms with Gasteiger partial charge in [0.2, 0.25) is 0 Å². The predicted molar refractivity (Wildman–Crippen MR) is 63.2 cm³/mol. The number of rotatable bonds is 2. The van der Waals surface area contributed by atoms with Gasteiger partial charge in [0, 0.05) is 19.0 Å². The molecule has 0 amide bonds. The Balaban J connectivity index is 2.03.